The topological polar surface area (TPSA) is 63.6 Å². The van der Waals surface area contributed by atoms with Crippen molar-refractivity contribution < 1.29 is 19.4 Å². The Kier molecular flexibility index (Phi) is 32.2. The van der Waals surface area contributed by atoms with Gasteiger partial charge in [-0.05, 0) is 12.3 Å². The summed E-state index contributed by atoms with van der Waals surface area (Å²) < 4.78 is 5.10. The molecule has 0 spiro atoms. The molecule has 6 heteroatoms. The standard InChI is InChI=1S/C11H22O2.C3H6O2.2Na.2H/c1-4-7-8-10(5-2)9-13-11(12)6-3;1-2-3(4)5;;;;/h10H,4-9H2,1-3H3;2H2,1H3,(H,4,5);;;;. The number of rotatable bonds is 8. The second-order valence-corrected chi connectivity index (χ2v) is 4.20. The summed E-state index contributed by atoms with van der Waals surface area (Å²) in [5, 5.41) is 7.72. The Morgan fingerprint density at radius 1 is 1.05 bits per heavy atom. The van der Waals surface area contributed by atoms with E-state index in [4.69, 9.17) is 9.84 Å². The third-order valence-electron chi connectivity index (χ3n) is 2.61. The zero-order valence-corrected chi connectivity index (χ0v) is 12.2. The van der Waals surface area contributed by atoms with Crippen molar-refractivity contribution in [1.82, 2.24) is 0 Å². The molecule has 0 aliphatic heterocycles. The van der Waals surface area contributed by atoms with E-state index in [1.807, 2.05) is 6.92 Å². The summed E-state index contributed by atoms with van der Waals surface area (Å²) in [6, 6.07) is 0. The molecule has 0 radical (unpaired) electrons. The van der Waals surface area contributed by atoms with Crippen molar-refractivity contribution in [1.29, 1.82) is 0 Å². The molecule has 1 N–H and O–H groups in total. The first kappa shape index (κ1) is 29.0. The Labute approximate surface area is 168 Å². The Bertz CT molecular complexity index is 223. The van der Waals surface area contributed by atoms with Crippen LogP contribution in [0.2, 0.25) is 0 Å². The van der Waals surface area contributed by atoms with E-state index >= 15 is 0 Å². The minimum atomic E-state index is -0.745. The number of carbonyl (C=O) groups excluding carboxylic acids is 1. The van der Waals surface area contributed by atoms with E-state index < -0.39 is 5.97 Å². The fraction of sp³-hybridized carbons (Fsp3) is 0.857. The molecule has 1 atom stereocenters. The van der Waals surface area contributed by atoms with Crippen molar-refractivity contribution in [3.8, 4) is 0 Å². The number of carbonyl (C=O) groups is 2. The SMILES string of the molecule is CCC(=O)O.CCCCC(CC)COC(=O)CC.[NaH].[NaH]. The summed E-state index contributed by atoms with van der Waals surface area (Å²) in [7, 11) is 0. The van der Waals surface area contributed by atoms with Crippen molar-refractivity contribution in [3.63, 3.8) is 0 Å². The molecule has 0 heterocycles. The molecule has 0 bridgehead atoms. The number of unbranched alkanes of at least 4 members (excludes halogenated alkanes) is 1. The maximum atomic E-state index is 10.9. The van der Waals surface area contributed by atoms with Crippen molar-refractivity contribution in [2.75, 3.05) is 6.61 Å². The van der Waals surface area contributed by atoms with Crippen LogP contribution in [-0.2, 0) is 14.3 Å². The van der Waals surface area contributed by atoms with Crippen molar-refractivity contribution in [2.24, 2.45) is 5.92 Å². The second kappa shape index (κ2) is 22.2. The normalized spacial score (nSPS) is 10.0. The molecular formula is C14H30Na2O4. The van der Waals surface area contributed by atoms with Gasteiger partial charge in [-0.25, -0.2) is 0 Å². The Balaban J connectivity index is -0.000000158. The van der Waals surface area contributed by atoms with Crippen LogP contribution in [0.4, 0.5) is 0 Å². The van der Waals surface area contributed by atoms with Crippen LogP contribution in [-0.4, -0.2) is 82.8 Å². The fourth-order valence-corrected chi connectivity index (χ4v) is 1.21. The van der Waals surface area contributed by atoms with Crippen molar-refractivity contribution in [3.05, 3.63) is 0 Å². The molecule has 112 valence electrons. The van der Waals surface area contributed by atoms with Gasteiger partial charge in [-0.3, -0.25) is 9.59 Å². The summed E-state index contributed by atoms with van der Waals surface area (Å²) in [6.07, 6.45) is 5.46. The summed E-state index contributed by atoms with van der Waals surface area (Å²) in [5.74, 6) is -0.254. The first-order valence-electron chi connectivity index (χ1n) is 6.88. The Morgan fingerprint density at radius 3 is 1.85 bits per heavy atom. The maximum absolute atomic E-state index is 10.9. The Morgan fingerprint density at radius 2 is 1.55 bits per heavy atom. The third-order valence-corrected chi connectivity index (χ3v) is 2.61. The predicted molar refractivity (Wildman–Crippen MR) is 86.8 cm³/mol. The zero-order chi connectivity index (χ0) is 14.4. The molecule has 20 heavy (non-hydrogen) atoms. The van der Waals surface area contributed by atoms with Crippen LogP contribution in [0.3, 0.4) is 0 Å². The van der Waals surface area contributed by atoms with E-state index in [0.29, 0.717) is 18.9 Å². The van der Waals surface area contributed by atoms with Gasteiger partial charge in [-0.15, -0.1) is 0 Å². The number of esters is 1. The summed E-state index contributed by atoms with van der Waals surface area (Å²) >= 11 is 0. The molecule has 0 aromatic carbocycles. The number of aliphatic carboxylic acids is 1. The average Bonchev–Trinajstić information content (AvgIpc) is 2.39. The van der Waals surface area contributed by atoms with Gasteiger partial charge in [0.2, 0.25) is 0 Å². The first-order chi connectivity index (χ1) is 8.51. The van der Waals surface area contributed by atoms with Gasteiger partial charge >= 0.3 is 71.1 Å². The molecule has 0 saturated carbocycles. The van der Waals surface area contributed by atoms with E-state index in [0.717, 1.165) is 6.42 Å². The van der Waals surface area contributed by atoms with Crippen LogP contribution >= 0.6 is 0 Å². The second-order valence-electron chi connectivity index (χ2n) is 4.20. The first-order valence-corrected chi connectivity index (χ1v) is 6.88. The zero-order valence-electron chi connectivity index (χ0n) is 12.2. The molecule has 4 nitrogen and oxygen atoms in total. The van der Waals surface area contributed by atoms with Gasteiger partial charge in [0.25, 0.3) is 0 Å². The molecule has 0 aliphatic rings. The van der Waals surface area contributed by atoms with Gasteiger partial charge in [-0.2, -0.15) is 0 Å². The van der Waals surface area contributed by atoms with Crippen LogP contribution < -0.4 is 0 Å². The molecule has 0 aromatic rings. The van der Waals surface area contributed by atoms with Crippen LogP contribution in [0.25, 0.3) is 0 Å². The molecular weight excluding hydrogens is 278 g/mol. The van der Waals surface area contributed by atoms with Crippen molar-refractivity contribution >= 4 is 71.1 Å². The van der Waals surface area contributed by atoms with Gasteiger partial charge in [0, 0.05) is 12.8 Å². The van der Waals surface area contributed by atoms with Crippen LogP contribution in [0.1, 0.15) is 66.2 Å². The van der Waals surface area contributed by atoms with Crippen LogP contribution in [0.5, 0.6) is 0 Å². The minimum absolute atomic E-state index is 0. The summed E-state index contributed by atoms with van der Waals surface area (Å²) in [6.45, 7) is 8.38. The number of hydrogen-bond acceptors (Lipinski definition) is 3. The van der Waals surface area contributed by atoms with Crippen LogP contribution in [0.15, 0.2) is 0 Å². The molecule has 0 fully saturated rings. The number of carboxylic acids is 1. The summed E-state index contributed by atoms with van der Waals surface area (Å²) in [4.78, 5) is 20.3. The molecule has 0 amide bonds. The fourth-order valence-electron chi connectivity index (χ4n) is 1.21. The van der Waals surface area contributed by atoms with E-state index in [1.165, 1.54) is 19.3 Å². The number of carboxylic acid groups (broad SMARTS) is 1. The van der Waals surface area contributed by atoms with E-state index in [9.17, 15) is 9.59 Å². The predicted octanol–water partition coefficient (Wildman–Crippen LogP) is 2.34. The van der Waals surface area contributed by atoms with Gasteiger partial charge < -0.3 is 9.84 Å². The van der Waals surface area contributed by atoms with E-state index in [2.05, 4.69) is 13.8 Å². The molecule has 0 aromatic heterocycles. The number of ether oxygens (including phenoxy) is 1. The quantitative estimate of drug-likeness (QED) is 0.552. The average molecular weight is 308 g/mol. The van der Waals surface area contributed by atoms with Gasteiger partial charge in [0.05, 0.1) is 6.61 Å². The monoisotopic (exact) mass is 308 g/mol. The van der Waals surface area contributed by atoms with Gasteiger partial charge in [0.1, 0.15) is 0 Å². The summed E-state index contributed by atoms with van der Waals surface area (Å²) in [5.41, 5.74) is 0. The molecule has 1 unspecified atom stereocenters. The van der Waals surface area contributed by atoms with Gasteiger partial charge in [0.15, 0.2) is 0 Å². The van der Waals surface area contributed by atoms with E-state index in [1.54, 1.807) is 6.92 Å². The van der Waals surface area contributed by atoms with Crippen LogP contribution in [0, 0.1) is 5.92 Å². The van der Waals surface area contributed by atoms with Crippen molar-refractivity contribution in [2.45, 2.75) is 66.2 Å². The van der Waals surface area contributed by atoms with Gasteiger partial charge in [-0.1, -0.05) is 47.0 Å². The molecule has 0 aliphatic carbocycles. The molecule has 0 saturated heterocycles. The van der Waals surface area contributed by atoms with E-state index in [-0.39, 0.29) is 71.5 Å². The third kappa shape index (κ3) is 24.0. The number of hydrogen-bond donors (Lipinski definition) is 1. The Hall–Kier alpha value is 0.940. The molecule has 0 rings (SSSR count).